The van der Waals surface area contributed by atoms with Crippen molar-refractivity contribution in [2.75, 3.05) is 13.7 Å². The van der Waals surface area contributed by atoms with Crippen molar-refractivity contribution < 1.29 is 9.26 Å². The van der Waals surface area contributed by atoms with Crippen molar-refractivity contribution in [1.82, 2.24) is 15.5 Å². The largest absolute Gasteiger partial charge is 0.497 e. The highest BCUT2D eigenvalue weighted by atomic mass is 16.5. The fourth-order valence-corrected chi connectivity index (χ4v) is 2.69. The van der Waals surface area contributed by atoms with Crippen molar-refractivity contribution in [3.63, 3.8) is 0 Å². The molecular weight excluding hydrogens is 266 g/mol. The fraction of sp³-hybridized carbons (Fsp3) is 0.500. The Morgan fingerprint density at radius 3 is 3.19 bits per heavy atom. The first-order valence-corrected chi connectivity index (χ1v) is 7.54. The lowest BCUT2D eigenvalue weighted by Gasteiger charge is -2.09. The van der Waals surface area contributed by atoms with Crippen LogP contribution in [0.15, 0.2) is 28.8 Å². The summed E-state index contributed by atoms with van der Waals surface area (Å²) in [4.78, 5) is 4.55. The third kappa shape index (κ3) is 3.61. The summed E-state index contributed by atoms with van der Waals surface area (Å²) in [7, 11) is 1.67. The summed E-state index contributed by atoms with van der Waals surface area (Å²) in [6.07, 6.45) is 5.44. The van der Waals surface area contributed by atoms with Gasteiger partial charge in [-0.1, -0.05) is 30.1 Å². The monoisotopic (exact) mass is 287 g/mol. The van der Waals surface area contributed by atoms with Gasteiger partial charge in [0.2, 0.25) is 5.89 Å². The molecule has 1 unspecified atom stereocenters. The second-order valence-corrected chi connectivity index (χ2v) is 5.43. The van der Waals surface area contributed by atoms with Crippen LogP contribution in [-0.4, -0.2) is 23.8 Å². The molecule has 5 heteroatoms. The van der Waals surface area contributed by atoms with Crippen molar-refractivity contribution in [1.29, 1.82) is 0 Å². The summed E-state index contributed by atoms with van der Waals surface area (Å²) in [6.45, 7) is 1.03. The first kappa shape index (κ1) is 14.1. The zero-order chi connectivity index (χ0) is 14.5. The van der Waals surface area contributed by atoms with E-state index in [4.69, 9.17) is 9.26 Å². The van der Waals surface area contributed by atoms with Gasteiger partial charge in [0, 0.05) is 0 Å². The van der Waals surface area contributed by atoms with Gasteiger partial charge in [0.15, 0.2) is 5.82 Å². The van der Waals surface area contributed by atoms with Crippen LogP contribution >= 0.6 is 0 Å². The maximum absolute atomic E-state index is 5.39. The summed E-state index contributed by atoms with van der Waals surface area (Å²) in [5.41, 5.74) is 1.11. The normalized spacial score (nSPS) is 19.2. The Bertz CT molecular complexity index is 574. The summed E-state index contributed by atoms with van der Waals surface area (Å²) < 4.78 is 10.6. The third-order valence-corrected chi connectivity index (χ3v) is 3.85. The van der Waals surface area contributed by atoms with Crippen LogP contribution in [0.2, 0.25) is 0 Å². The predicted octanol–water partition coefficient (Wildman–Crippen LogP) is 2.87. The van der Waals surface area contributed by atoms with E-state index < -0.39 is 0 Å². The molecule has 0 spiro atoms. The Morgan fingerprint density at radius 1 is 1.33 bits per heavy atom. The Morgan fingerprint density at radius 2 is 2.29 bits per heavy atom. The topological polar surface area (TPSA) is 60.2 Å². The maximum atomic E-state index is 5.39. The van der Waals surface area contributed by atoms with E-state index in [1.54, 1.807) is 7.11 Å². The molecule has 0 bridgehead atoms. The van der Waals surface area contributed by atoms with Gasteiger partial charge in [-0.3, -0.25) is 0 Å². The molecule has 1 N–H and O–H groups in total. The smallest absolute Gasteiger partial charge is 0.231 e. The van der Waals surface area contributed by atoms with Crippen LogP contribution < -0.4 is 10.1 Å². The van der Waals surface area contributed by atoms with Crippen LogP contribution in [-0.2, 0) is 6.42 Å². The van der Waals surface area contributed by atoms with E-state index in [1.807, 2.05) is 24.3 Å². The van der Waals surface area contributed by atoms with E-state index in [-0.39, 0.29) is 6.04 Å². The van der Waals surface area contributed by atoms with Crippen molar-refractivity contribution in [3.8, 4) is 5.75 Å². The molecule has 0 saturated carbocycles. The molecule has 1 aromatic carbocycles. The first-order valence-electron chi connectivity index (χ1n) is 7.54. The number of methoxy groups -OCH3 is 1. The molecule has 1 aliphatic heterocycles. The van der Waals surface area contributed by atoms with Crippen molar-refractivity contribution in [2.45, 2.75) is 38.1 Å². The number of rotatable bonds is 4. The van der Waals surface area contributed by atoms with E-state index in [1.165, 1.54) is 19.3 Å². The lowest BCUT2D eigenvalue weighted by Crippen LogP contribution is -2.21. The number of nitrogens with one attached hydrogen (secondary N) is 1. The highest BCUT2D eigenvalue weighted by Crippen LogP contribution is 2.21. The molecule has 0 amide bonds. The molecule has 5 nitrogen and oxygen atoms in total. The molecule has 1 aliphatic rings. The van der Waals surface area contributed by atoms with Gasteiger partial charge in [-0.15, -0.1) is 0 Å². The van der Waals surface area contributed by atoms with Crippen LogP contribution in [0, 0.1) is 0 Å². The zero-order valence-corrected chi connectivity index (χ0v) is 12.3. The quantitative estimate of drug-likeness (QED) is 0.937. The molecule has 0 aliphatic carbocycles. The number of ether oxygens (including phenoxy) is 1. The molecular formula is C16H21N3O2. The molecule has 2 heterocycles. The highest BCUT2D eigenvalue weighted by molar-refractivity contribution is 5.29. The highest BCUT2D eigenvalue weighted by Gasteiger charge is 2.19. The molecule has 112 valence electrons. The van der Waals surface area contributed by atoms with Gasteiger partial charge in [0.1, 0.15) is 5.75 Å². The summed E-state index contributed by atoms with van der Waals surface area (Å²) in [6, 6.07) is 8.16. The van der Waals surface area contributed by atoms with Crippen LogP contribution in [0.4, 0.5) is 0 Å². The van der Waals surface area contributed by atoms with Gasteiger partial charge in [-0.2, -0.15) is 4.98 Å². The standard InChI is InChI=1S/C16H21N3O2/c1-20-13-7-5-6-12(10-13)11-15-18-16(19-21-15)14-8-3-2-4-9-17-14/h5-7,10,14,17H,2-4,8-9,11H2,1H3. The number of hydrogen-bond donors (Lipinski definition) is 1. The fourth-order valence-electron chi connectivity index (χ4n) is 2.69. The SMILES string of the molecule is COc1cccc(Cc2nc(C3CCCCCN3)no2)c1. The van der Waals surface area contributed by atoms with E-state index in [9.17, 15) is 0 Å². The average Bonchev–Trinajstić information content (AvgIpc) is 2.81. The van der Waals surface area contributed by atoms with Gasteiger partial charge in [0.05, 0.1) is 19.6 Å². The van der Waals surface area contributed by atoms with Gasteiger partial charge < -0.3 is 14.6 Å². The molecule has 2 aromatic rings. The van der Waals surface area contributed by atoms with E-state index in [2.05, 4.69) is 15.5 Å². The molecule has 21 heavy (non-hydrogen) atoms. The minimum absolute atomic E-state index is 0.232. The van der Waals surface area contributed by atoms with Crippen molar-refractivity contribution in [2.24, 2.45) is 0 Å². The molecule has 1 fully saturated rings. The van der Waals surface area contributed by atoms with Crippen molar-refractivity contribution >= 4 is 0 Å². The molecule has 0 radical (unpaired) electrons. The van der Waals surface area contributed by atoms with E-state index in [0.717, 1.165) is 30.1 Å². The van der Waals surface area contributed by atoms with Crippen LogP contribution in [0.1, 0.15) is 49.0 Å². The average molecular weight is 287 g/mol. The Hall–Kier alpha value is -1.88. The number of hydrogen-bond acceptors (Lipinski definition) is 5. The summed E-state index contributed by atoms with van der Waals surface area (Å²) in [5.74, 6) is 2.29. The zero-order valence-electron chi connectivity index (χ0n) is 12.3. The van der Waals surface area contributed by atoms with Crippen LogP contribution in [0.25, 0.3) is 0 Å². The maximum Gasteiger partial charge on any atom is 0.231 e. The van der Waals surface area contributed by atoms with Crippen molar-refractivity contribution in [3.05, 3.63) is 41.5 Å². The second kappa shape index (κ2) is 6.72. The Labute approximate surface area is 124 Å². The van der Waals surface area contributed by atoms with Crippen LogP contribution in [0.3, 0.4) is 0 Å². The lowest BCUT2D eigenvalue weighted by molar-refractivity contribution is 0.368. The minimum atomic E-state index is 0.232. The predicted molar refractivity (Wildman–Crippen MR) is 79.3 cm³/mol. The molecule has 1 saturated heterocycles. The third-order valence-electron chi connectivity index (χ3n) is 3.85. The molecule has 1 aromatic heterocycles. The van der Waals surface area contributed by atoms with Gasteiger partial charge >= 0.3 is 0 Å². The van der Waals surface area contributed by atoms with Gasteiger partial charge in [-0.05, 0) is 37.1 Å². The minimum Gasteiger partial charge on any atom is -0.497 e. The lowest BCUT2D eigenvalue weighted by atomic mass is 10.1. The van der Waals surface area contributed by atoms with Crippen LogP contribution in [0.5, 0.6) is 5.75 Å². The molecule has 3 rings (SSSR count). The number of nitrogens with zero attached hydrogens (tertiary/aromatic N) is 2. The van der Waals surface area contributed by atoms with Gasteiger partial charge in [-0.25, -0.2) is 0 Å². The number of aromatic nitrogens is 2. The number of benzene rings is 1. The Balaban J connectivity index is 1.69. The summed E-state index contributed by atoms with van der Waals surface area (Å²) >= 11 is 0. The second-order valence-electron chi connectivity index (χ2n) is 5.43. The summed E-state index contributed by atoms with van der Waals surface area (Å²) in [5, 5.41) is 7.63. The Kier molecular flexibility index (Phi) is 4.50. The molecule has 1 atom stereocenters. The van der Waals surface area contributed by atoms with Gasteiger partial charge in [0.25, 0.3) is 0 Å². The van der Waals surface area contributed by atoms with E-state index in [0.29, 0.717) is 12.3 Å². The first-order chi connectivity index (χ1) is 10.3. The van der Waals surface area contributed by atoms with E-state index >= 15 is 0 Å².